The van der Waals surface area contributed by atoms with Crippen LogP contribution in [0.1, 0.15) is 42.1 Å². The molecule has 18 heavy (non-hydrogen) atoms. The lowest BCUT2D eigenvalue weighted by Crippen LogP contribution is -2.12. The molecule has 0 bridgehead atoms. The van der Waals surface area contributed by atoms with E-state index in [0.717, 1.165) is 10.7 Å². The molecule has 0 saturated heterocycles. The number of rotatable bonds is 3. The van der Waals surface area contributed by atoms with E-state index in [1.54, 1.807) is 6.07 Å². The second kappa shape index (κ2) is 5.34. The Bertz CT molecular complexity index is 554. The van der Waals surface area contributed by atoms with Crippen LogP contribution in [0.2, 0.25) is 5.02 Å². The van der Waals surface area contributed by atoms with Gasteiger partial charge in [0.15, 0.2) is 0 Å². The minimum absolute atomic E-state index is 0.337. The topological polar surface area (TPSA) is 38.9 Å². The van der Waals surface area contributed by atoms with Crippen molar-refractivity contribution in [2.75, 3.05) is 0 Å². The predicted octanol–water partition coefficient (Wildman–Crippen LogP) is 4.11. The molecule has 2 N–H and O–H groups in total. The fraction of sp³-hybridized carbons (Fsp3) is 0.308. The van der Waals surface area contributed by atoms with Crippen molar-refractivity contribution in [2.45, 2.75) is 25.8 Å². The molecule has 0 spiro atoms. The number of hydrogen-bond donors (Lipinski definition) is 1. The summed E-state index contributed by atoms with van der Waals surface area (Å²) >= 11 is 7.51. The third-order valence-corrected chi connectivity index (χ3v) is 3.97. The molecule has 2 nitrogen and oxygen atoms in total. The molecule has 0 radical (unpaired) electrons. The van der Waals surface area contributed by atoms with Crippen molar-refractivity contribution < 1.29 is 4.39 Å². The van der Waals surface area contributed by atoms with Gasteiger partial charge in [-0.3, -0.25) is 0 Å². The Morgan fingerprint density at radius 2 is 2.11 bits per heavy atom. The normalized spacial score (nSPS) is 13.0. The summed E-state index contributed by atoms with van der Waals surface area (Å²) in [6, 6.07) is 3.83. The van der Waals surface area contributed by atoms with Crippen LogP contribution in [0.5, 0.6) is 0 Å². The Morgan fingerprint density at radius 1 is 1.39 bits per heavy atom. The summed E-state index contributed by atoms with van der Waals surface area (Å²) in [5.74, 6) is 0.00356. The second-order valence-electron chi connectivity index (χ2n) is 4.41. The summed E-state index contributed by atoms with van der Waals surface area (Å²) in [6.45, 7) is 4.16. The number of aromatic nitrogens is 1. The molecule has 0 fully saturated rings. The number of nitrogens with two attached hydrogens (primary N) is 1. The van der Waals surface area contributed by atoms with Gasteiger partial charge in [0.2, 0.25) is 0 Å². The van der Waals surface area contributed by atoms with Gasteiger partial charge in [-0.2, -0.15) is 0 Å². The first-order chi connectivity index (χ1) is 8.49. The van der Waals surface area contributed by atoms with Gasteiger partial charge < -0.3 is 5.73 Å². The minimum Gasteiger partial charge on any atom is -0.318 e. The maximum Gasteiger partial charge on any atom is 0.124 e. The molecule has 1 unspecified atom stereocenters. The fourth-order valence-corrected chi connectivity index (χ4v) is 2.88. The van der Waals surface area contributed by atoms with Crippen molar-refractivity contribution in [3.63, 3.8) is 0 Å². The maximum absolute atomic E-state index is 13.0. The lowest BCUT2D eigenvalue weighted by Gasteiger charge is -2.11. The summed E-state index contributed by atoms with van der Waals surface area (Å²) in [5, 5.41) is 3.13. The smallest absolute Gasteiger partial charge is 0.124 e. The zero-order chi connectivity index (χ0) is 13.3. The van der Waals surface area contributed by atoms with E-state index in [4.69, 9.17) is 17.3 Å². The number of benzene rings is 1. The molecule has 1 aromatic heterocycles. The molecule has 1 atom stereocenters. The van der Waals surface area contributed by atoms with Crippen LogP contribution in [0.4, 0.5) is 4.39 Å². The van der Waals surface area contributed by atoms with Crippen molar-refractivity contribution >= 4 is 22.9 Å². The van der Waals surface area contributed by atoms with E-state index < -0.39 is 6.04 Å². The van der Waals surface area contributed by atoms with Crippen LogP contribution in [-0.2, 0) is 0 Å². The molecule has 0 saturated carbocycles. The van der Waals surface area contributed by atoms with Crippen molar-refractivity contribution in [1.82, 2.24) is 4.98 Å². The van der Waals surface area contributed by atoms with E-state index in [1.807, 2.05) is 5.38 Å². The molecule has 96 valence electrons. The molecule has 5 heteroatoms. The van der Waals surface area contributed by atoms with Crippen molar-refractivity contribution in [3.05, 3.63) is 50.7 Å². The van der Waals surface area contributed by atoms with Crippen LogP contribution in [0, 0.1) is 5.82 Å². The van der Waals surface area contributed by atoms with Gasteiger partial charge in [-0.05, 0) is 23.6 Å². The summed E-state index contributed by atoms with van der Waals surface area (Å²) < 4.78 is 13.0. The highest BCUT2D eigenvalue weighted by molar-refractivity contribution is 7.09. The van der Waals surface area contributed by atoms with Crippen LogP contribution in [0.3, 0.4) is 0 Å². The quantitative estimate of drug-likeness (QED) is 0.921. The standard InChI is InChI=1S/C13H14ClFN2S/c1-7(2)11-6-18-13(17-11)12(16)9-4-3-8(15)5-10(9)14/h3-7,12H,16H2,1-2H3. The van der Waals surface area contributed by atoms with Crippen molar-refractivity contribution in [3.8, 4) is 0 Å². The number of hydrogen-bond acceptors (Lipinski definition) is 3. The van der Waals surface area contributed by atoms with E-state index in [2.05, 4.69) is 18.8 Å². The first-order valence-corrected chi connectivity index (χ1v) is 6.90. The van der Waals surface area contributed by atoms with Crippen LogP contribution >= 0.6 is 22.9 Å². The Hall–Kier alpha value is -0.970. The Labute approximate surface area is 115 Å². The van der Waals surface area contributed by atoms with Gasteiger partial charge in [-0.1, -0.05) is 31.5 Å². The summed E-state index contributed by atoms with van der Waals surface area (Å²) in [4.78, 5) is 4.49. The molecular weight excluding hydrogens is 271 g/mol. The largest absolute Gasteiger partial charge is 0.318 e. The van der Waals surface area contributed by atoms with Crippen LogP contribution in [0.15, 0.2) is 23.6 Å². The molecule has 1 aromatic carbocycles. The van der Waals surface area contributed by atoms with E-state index in [-0.39, 0.29) is 5.82 Å². The Balaban J connectivity index is 2.32. The molecule has 1 heterocycles. The van der Waals surface area contributed by atoms with Gasteiger partial charge >= 0.3 is 0 Å². The Morgan fingerprint density at radius 3 is 2.67 bits per heavy atom. The van der Waals surface area contributed by atoms with Crippen LogP contribution in [-0.4, -0.2) is 4.98 Å². The molecule has 0 aliphatic carbocycles. The van der Waals surface area contributed by atoms with E-state index in [0.29, 0.717) is 16.5 Å². The van der Waals surface area contributed by atoms with Gasteiger partial charge in [-0.25, -0.2) is 9.37 Å². The molecule has 0 aliphatic heterocycles. The molecule has 2 rings (SSSR count). The van der Waals surface area contributed by atoms with Gasteiger partial charge in [0.25, 0.3) is 0 Å². The number of nitrogens with zero attached hydrogens (tertiary/aromatic N) is 1. The number of halogens is 2. The summed E-state index contributed by atoms with van der Waals surface area (Å²) in [5.41, 5.74) is 7.84. The highest BCUT2D eigenvalue weighted by Gasteiger charge is 2.17. The zero-order valence-electron chi connectivity index (χ0n) is 10.2. The van der Waals surface area contributed by atoms with Gasteiger partial charge in [0.1, 0.15) is 10.8 Å². The van der Waals surface area contributed by atoms with E-state index in [1.165, 1.54) is 23.5 Å². The third-order valence-electron chi connectivity index (χ3n) is 2.69. The fourth-order valence-electron chi connectivity index (χ4n) is 1.60. The SMILES string of the molecule is CC(C)c1csc(C(N)c2ccc(F)cc2Cl)n1. The van der Waals surface area contributed by atoms with Crippen LogP contribution in [0.25, 0.3) is 0 Å². The maximum atomic E-state index is 13.0. The van der Waals surface area contributed by atoms with Gasteiger partial charge in [-0.15, -0.1) is 11.3 Å². The molecular formula is C13H14ClFN2S. The minimum atomic E-state index is -0.407. The third kappa shape index (κ3) is 2.71. The van der Waals surface area contributed by atoms with Crippen LogP contribution < -0.4 is 5.73 Å². The first kappa shape index (κ1) is 13.5. The average Bonchev–Trinajstić information content (AvgIpc) is 2.77. The van der Waals surface area contributed by atoms with Crippen molar-refractivity contribution in [2.24, 2.45) is 5.73 Å². The lowest BCUT2D eigenvalue weighted by molar-refractivity contribution is 0.626. The first-order valence-electron chi connectivity index (χ1n) is 5.65. The molecule has 0 aliphatic rings. The van der Waals surface area contributed by atoms with Crippen molar-refractivity contribution in [1.29, 1.82) is 0 Å². The molecule has 2 aromatic rings. The van der Waals surface area contributed by atoms with Gasteiger partial charge in [0.05, 0.1) is 11.7 Å². The Kier molecular flexibility index (Phi) is 4.00. The summed E-state index contributed by atoms with van der Waals surface area (Å²) in [7, 11) is 0. The zero-order valence-corrected chi connectivity index (χ0v) is 11.7. The highest BCUT2D eigenvalue weighted by Crippen LogP contribution is 2.30. The number of thiazole rings is 1. The monoisotopic (exact) mass is 284 g/mol. The predicted molar refractivity (Wildman–Crippen MR) is 73.6 cm³/mol. The second-order valence-corrected chi connectivity index (χ2v) is 5.71. The van der Waals surface area contributed by atoms with E-state index in [9.17, 15) is 4.39 Å². The molecule has 0 amide bonds. The summed E-state index contributed by atoms with van der Waals surface area (Å²) in [6.07, 6.45) is 0. The highest BCUT2D eigenvalue weighted by atomic mass is 35.5. The van der Waals surface area contributed by atoms with E-state index >= 15 is 0 Å². The average molecular weight is 285 g/mol. The lowest BCUT2D eigenvalue weighted by atomic mass is 10.1. The van der Waals surface area contributed by atoms with Gasteiger partial charge in [0, 0.05) is 10.4 Å².